The molecular weight excluding hydrogens is 433 g/mol. The van der Waals surface area contributed by atoms with Gasteiger partial charge in [-0.25, -0.2) is 4.39 Å². The molecule has 0 radical (unpaired) electrons. The van der Waals surface area contributed by atoms with Gasteiger partial charge in [0.05, 0.1) is 10.7 Å². The summed E-state index contributed by atoms with van der Waals surface area (Å²) in [5, 5.41) is 24.0. The number of thioether (sulfide) groups is 1. The summed E-state index contributed by atoms with van der Waals surface area (Å²) in [4.78, 5) is 34.7. The zero-order valence-electron chi connectivity index (χ0n) is 15.4. The van der Waals surface area contributed by atoms with E-state index in [0.717, 1.165) is 23.1 Å². The number of carbonyl (C=O) groups is 2. The summed E-state index contributed by atoms with van der Waals surface area (Å²) >= 11 is 2.16. The lowest BCUT2D eigenvalue weighted by molar-refractivity contribution is -0.385. The molecular formula is C18H14FN5O4S2. The van der Waals surface area contributed by atoms with Crippen LogP contribution in [-0.4, -0.2) is 32.7 Å². The molecule has 3 rings (SSSR count). The number of amides is 2. The zero-order chi connectivity index (χ0) is 21.7. The van der Waals surface area contributed by atoms with Crippen LogP contribution in [0, 0.1) is 22.9 Å². The Kier molecular flexibility index (Phi) is 6.69. The zero-order valence-corrected chi connectivity index (χ0v) is 17.1. The number of nitro benzene ring substituents is 1. The van der Waals surface area contributed by atoms with E-state index in [2.05, 4.69) is 20.8 Å². The van der Waals surface area contributed by atoms with Crippen LogP contribution in [0.15, 0.2) is 46.8 Å². The second-order valence-electron chi connectivity index (χ2n) is 5.93. The summed E-state index contributed by atoms with van der Waals surface area (Å²) in [7, 11) is 0. The largest absolute Gasteiger partial charge is 0.325 e. The lowest BCUT2D eigenvalue weighted by atomic mass is 10.1. The first-order chi connectivity index (χ1) is 14.3. The van der Waals surface area contributed by atoms with Crippen LogP contribution in [0.5, 0.6) is 0 Å². The molecule has 12 heteroatoms. The first-order valence-corrected chi connectivity index (χ1v) is 10.2. The highest BCUT2D eigenvalue weighted by atomic mass is 32.2. The van der Waals surface area contributed by atoms with Gasteiger partial charge < -0.3 is 5.32 Å². The molecule has 0 aliphatic rings. The third-order valence-electron chi connectivity index (χ3n) is 3.73. The van der Waals surface area contributed by atoms with Crippen LogP contribution in [0.25, 0.3) is 0 Å². The highest BCUT2D eigenvalue weighted by Crippen LogP contribution is 2.26. The first-order valence-electron chi connectivity index (χ1n) is 8.40. The molecule has 0 saturated heterocycles. The maximum absolute atomic E-state index is 13.1. The summed E-state index contributed by atoms with van der Waals surface area (Å²) in [5.74, 6) is -1.35. The number of carbonyl (C=O) groups excluding carboxylic acids is 2. The van der Waals surface area contributed by atoms with E-state index in [1.165, 1.54) is 36.4 Å². The Bertz CT molecular complexity index is 1120. The summed E-state index contributed by atoms with van der Waals surface area (Å²) in [5.41, 5.74) is 0.757. The molecule has 2 aromatic carbocycles. The fraction of sp³-hybridized carbons (Fsp3) is 0.111. The molecule has 2 N–H and O–H groups in total. The number of aromatic nitrogens is 2. The SMILES string of the molecule is Cc1ccc(C(=O)Nc2nnc(SCC(=O)Nc3cccc(F)c3)s2)cc1[N+](=O)[O-]. The van der Waals surface area contributed by atoms with E-state index in [9.17, 15) is 24.1 Å². The number of aryl methyl sites for hydroxylation is 1. The number of rotatable bonds is 7. The van der Waals surface area contributed by atoms with Crippen molar-refractivity contribution in [2.75, 3.05) is 16.4 Å². The predicted octanol–water partition coefficient (Wildman–Crippen LogP) is 3.88. The van der Waals surface area contributed by atoms with Crippen molar-refractivity contribution in [1.29, 1.82) is 0 Å². The Hall–Kier alpha value is -3.38. The van der Waals surface area contributed by atoms with Crippen LogP contribution in [0.3, 0.4) is 0 Å². The van der Waals surface area contributed by atoms with E-state index in [1.807, 2.05) is 0 Å². The van der Waals surface area contributed by atoms with E-state index < -0.39 is 16.6 Å². The van der Waals surface area contributed by atoms with Gasteiger partial charge in [0.25, 0.3) is 11.6 Å². The Morgan fingerprint density at radius 3 is 2.73 bits per heavy atom. The summed E-state index contributed by atoms with van der Waals surface area (Å²) in [6.07, 6.45) is 0. The molecule has 9 nitrogen and oxygen atoms in total. The molecule has 0 unspecified atom stereocenters. The first kappa shape index (κ1) is 21.3. The number of hydrogen-bond donors (Lipinski definition) is 2. The average molecular weight is 447 g/mol. The van der Waals surface area contributed by atoms with Crippen molar-refractivity contribution < 1.29 is 18.9 Å². The molecule has 0 bridgehead atoms. The molecule has 0 atom stereocenters. The van der Waals surface area contributed by atoms with Crippen LogP contribution in [0.1, 0.15) is 15.9 Å². The Labute approximate surface area is 177 Å². The van der Waals surface area contributed by atoms with Crippen molar-refractivity contribution in [1.82, 2.24) is 10.2 Å². The highest BCUT2D eigenvalue weighted by molar-refractivity contribution is 8.01. The van der Waals surface area contributed by atoms with Crippen LogP contribution >= 0.6 is 23.1 Å². The topological polar surface area (TPSA) is 127 Å². The minimum atomic E-state index is -0.561. The molecule has 0 aliphatic carbocycles. The van der Waals surface area contributed by atoms with Crippen molar-refractivity contribution >= 4 is 51.4 Å². The van der Waals surface area contributed by atoms with Crippen molar-refractivity contribution in [3.05, 3.63) is 69.5 Å². The Balaban J connectivity index is 1.56. The minimum Gasteiger partial charge on any atom is -0.325 e. The van der Waals surface area contributed by atoms with Gasteiger partial charge in [-0.2, -0.15) is 0 Å². The lowest BCUT2D eigenvalue weighted by Crippen LogP contribution is -2.13. The Morgan fingerprint density at radius 2 is 2.00 bits per heavy atom. The van der Waals surface area contributed by atoms with Crippen molar-refractivity contribution in [3.8, 4) is 0 Å². The molecule has 1 heterocycles. The molecule has 0 spiro atoms. The molecule has 30 heavy (non-hydrogen) atoms. The predicted molar refractivity (Wildman–Crippen MR) is 111 cm³/mol. The van der Waals surface area contributed by atoms with Gasteiger partial charge in [0.15, 0.2) is 4.34 Å². The van der Waals surface area contributed by atoms with Gasteiger partial charge >= 0.3 is 0 Å². The molecule has 0 fully saturated rings. The van der Waals surface area contributed by atoms with Crippen LogP contribution in [-0.2, 0) is 4.79 Å². The van der Waals surface area contributed by atoms with Gasteiger partial charge in [-0.1, -0.05) is 35.2 Å². The highest BCUT2D eigenvalue weighted by Gasteiger charge is 2.17. The summed E-state index contributed by atoms with van der Waals surface area (Å²) in [6, 6.07) is 9.70. The monoisotopic (exact) mass is 447 g/mol. The standard InChI is InChI=1S/C18H14FN5O4S2/c1-10-5-6-11(7-14(10)24(27)28)16(26)21-17-22-23-18(30-17)29-9-15(25)20-13-4-2-3-12(19)8-13/h2-8H,9H2,1H3,(H,20,25)(H,21,22,26). The lowest BCUT2D eigenvalue weighted by Gasteiger charge is -2.03. The summed E-state index contributed by atoms with van der Waals surface area (Å²) < 4.78 is 13.6. The molecule has 0 aliphatic heterocycles. The quantitative estimate of drug-likeness (QED) is 0.243. The number of nitrogens with zero attached hydrogens (tertiary/aromatic N) is 3. The fourth-order valence-electron chi connectivity index (χ4n) is 2.33. The van der Waals surface area contributed by atoms with E-state index >= 15 is 0 Å². The van der Waals surface area contributed by atoms with Gasteiger partial charge in [0.1, 0.15) is 5.82 Å². The maximum Gasteiger partial charge on any atom is 0.273 e. The molecule has 3 aromatic rings. The summed E-state index contributed by atoms with van der Waals surface area (Å²) in [6.45, 7) is 1.58. The average Bonchev–Trinajstić information content (AvgIpc) is 3.14. The number of nitrogens with one attached hydrogen (secondary N) is 2. The number of halogens is 1. The van der Waals surface area contributed by atoms with Crippen molar-refractivity contribution in [3.63, 3.8) is 0 Å². The number of benzene rings is 2. The Morgan fingerprint density at radius 1 is 1.20 bits per heavy atom. The molecule has 2 amide bonds. The van der Waals surface area contributed by atoms with E-state index in [1.54, 1.807) is 13.0 Å². The second-order valence-corrected chi connectivity index (χ2v) is 8.13. The normalized spacial score (nSPS) is 10.5. The molecule has 0 saturated carbocycles. The van der Waals surface area contributed by atoms with Crippen LogP contribution in [0.4, 0.5) is 20.9 Å². The maximum atomic E-state index is 13.1. The van der Waals surface area contributed by atoms with E-state index in [0.29, 0.717) is 15.6 Å². The third kappa shape index (κ3) is 5.58. The molecule has 154 valence electrons. The second kappa shape index (κ2) is 9.41. The van der Waals surface area contributed by atoms with Crippen LogP contribution in [0.2, 0.25) is 0 Å². The minimum absolute atomic E-state index is 0.0171. The van der Waals surface area contributed by atoms with Gasteiger partial charge in [0, 0.05) is 22.9 Å². The fourth-order valence-corrected chi connectivity index (χ4v) is 3.87. The van der Waals surface area contributed by atoms with E-state index in [-0.39, 0.29) is 28.0 Å². The van der Waals surface area contributed by atoms with Gasteiger partial charge in [-0.15, -0.1) is 10.2 Å². The molecule has 1 aromatic heterocycles. The van der Waals surface area contributed by atoms with Crippen molar-refractivity contribution in [2.45, 2.75) is 11.3 Å². The van der Waals surface area contributed by atoms with Crippen LogP contribution < -0.4 is 10.6 Å². The number of nitro groups is 1. The van der Waals surface area contributed by atoms with Gasteiger partial charge in [-0.05, 0) is 31.2 Å². The smallest absolute Gasteiger partial charge is 0.273 e. The third-order valence-corrected chi connectivity index (χ3v) is 5.70. The number of hydrogen-bond acceptors (Lipinski definition) is 8. The van der Waals surface area contributed by atoms with Crippen molar-refractivity contribution in [2.24, 2.45) is 0 Å². The number of anilines is 2. The van der Waals surface area contributed by atoms with Gasteiger partial charge in [-0.3, -0.25) is 25.0 Å². The van der Waals surface area contributed by atoms with E-state index in [4.69, 9.17) is 0 Å². The van der Waals surface area contributed by atoms with Gasteiger partial charge in [0.2, 0.25) is 11.0 Å².